The Morgan fingerprint density at radius 1 is 0.255 bits per heavy atom. The lowest BCUT2D eigenvalue weighted by molar-refractivity contribution is 1.29. The smallest absolute Gasteiger partial charge is 0.0468 e. The van der Waals surface area contributed by atoms with Crippen molar-refractivity contribution in [2.45, 2.75) is 0 Å². The quantitative estimate of drug-likeness (QED) is 0.178. The molecule has 9 aromatic carbocycles. The molecule has 0 saturated carbocycles. The average molecular weight is 598 g/mol. The Morgan fingerprint density at radius 2 is 0.745 bits per heavy atom. The fourth-order valence-corrected chi connectivity index (χ4v) is 7.11. The normalized spacial score (nSPS) is 11.4. The minimum atomic E-state index is 1.12. The molecule has 0 spiro atoms. The maximum absolute atomic E-state index is 2.35. The van der Waals surface area contributed by atoms with Crippen molar-refractivity contribution >= 4 is 60.2 Å². The summed E-state index contributed by atoms with van der Waals surface area (Å²) in [7, 11) is 0. The number of nitrogens with zero attached hydrogens (tertiary/aromatic N) is 1. The van der Waals surface area contributed by atoms with E-state index in [0.717, 1.165) is 17.1 Å². The van der Waals surface area contributed by atoms with Crippen molar-refractivity contribution in [3.05, 3.63) is 188 Å². The molecule has 47 heavy (non-hydrogen) atoms. The highest BCUT2D eigenvalue weighted by Crippen LogP contribution is 2.41. The Morgan fingerprint density at radius 3 is 1.45 bits per heavy atom. The van der Waals surface area contributed by atoms with Gasteiger partial charge in [-0.05, 0) is 108 Å². The SMILES string of the molecule is c1ccc(-c2cccc(-c3ccc(N(c4ccccc4)c4ccc5c(ccc6ccc7ccc8ccccc8c7c65)c4)cc3)c2)cc1. The number of hydrogen-bond acceptors (Lipinski definition) is 1. The fourth-order valence-electron chi connectivity index (χ4n) is 7.11. The zero-order chi connectivity index (χ0) is 31.2. The molecule has 1 heteroatoms. The van der Waals surface area contributed by atoms with Crippen LogP contribution in [0.1, 0.15) is 0 Å². The van der Waals surface area contributed by atoms with Crippen LogP contribution in [0.3, 0.4) is 0 Å². The van der Waals surface area contributed by atoms with Gasteiger partial charge in [-0.3, -0.25) is 0 Å². The maximum Gasteiger partial charge on any atom is 0.0468 e. The summed E-state index contributed by atoms with van der Waals surface area (Å²) in [5.41, 5.74) is 8.24. The zero-order valence-electron chi connectivity index (χ0n) is 25.8. The van der Waals surface area contributed by atoms with Gasteiger partial charge in [0.1, 0.15) is 0 Å². The molecule has 9 rings (SSSR count). The first-order valence-electron chi connectivity index (χ1n) is 16.2. The monoisotopic (exact) mass is 597 g/mol. The highest BCUT2D eigenvalue weighted by atomic mass is 15.1. The van der Waals surface area contributed by atoms with Crippen molar-refractivity contribution in [3.63, 3.8) is 0 Å². The molecule has 0 aromatic heterocycles. The van der Waals surface area contributed by atoms with Crippen LogP contribution >= 0.6 is 0 Å². The summed E-state index contributed by atoms with van der Waals surface area (Å²) in [4.78, 5) is 2.35. The topological polar surface area (TPSA) is 3.24 Å². The van der Waals surface area contributed by atoms with E-state index in [-0.39, 0.29) is 0 Å². The Bertz CT molecular complexity index is 2540. The number of hydrogen-bond donors (Lipinski definition) is 0. The van der Waals surface area contributed by atoms with Crippen LogP contribution in [0.25, 0.3) is 65.3 Å². The number of anilines is 3. The molecular formula is C46H31N. The third-order valence-corrected chi connectivity index (χ3v) is 9.39. The molecule has 220 valence electrons. The number of benzene rings is 9. The molecule has 0 atom stereocenters. The van der Waals surface area contributed by atoms with Gasteiger partial charge < -0.3 is 4.90 Å². The standard InChI is InChI=1S/C46H31N/c1-3-10-32(11-4-1)37-13-9-14-38(30-37)33-24-26-41(27-25-33)47(40-15-5-2-6-16-40)42-28-29-44-39(31-42)23-22-36-21-20-35-19-18-34-12-7-8-17-43(34)45(35)46(36)44/h1-31H. The molecule has 0 bridgehead atoms. The van der Waals surface area contributed by atoms with Gasteiger partial charge in [0.15, 0.2) is 0 Å². The summed E-state index contributed by atoms with van der Waals surface area (Å²) in [6.45, 7) is 0. The van der Waals surface area contributed by atoms with E-state index in [9.17, 15) is 0 Å². The molecule has 0 aliphatic heterocycles. The van der Waals surface area contributed by atoms with Crippen LogP contribution in [0.5, 0.6) is 0 Å². The van der Waals surface area contributed by atoms with E-state index in [1.54, 1.807) is 0 Å². The van der Waals surface area contributed by atoms with Crippen molar-refractivity contribution in [1.82, 2.24) is 0 Å². The summed E-state index contributed by atoms with van der Waals surface area (Å²) >= 11 is 0. The van der Waals surface area contributed by atoms with E-state index in [1.807, 2.05) is 0 Å². The van der Waals surface area contributed by atoms with Crippen molar-refractivity contribution in [1.29, 1.82) is 0 Å². The van der Waals surface area contributed by atoms with E-state index in [1.165, 1.54) is 65.3 Å². The second kappa shape index (κ2) is 11.3. The summed E-state index contributed by atoms with van der Waals surface area (Å²) < 4.78 is 0. The van der Waals surface area contributed by atoms with Gasteiger partial charge in [-0.25, -0.2) is 0 Å². The first-order chi connectivity index (χ1) is 23.3. The molecule has 0 heterocycles. The second-order valence-electron chi connectivity index (χ2n) is 12.2. The number of fused-ring (bicyclic) bond motifs is 7. The van der Waals surface area contributed by atoms with Crippen LogP contribution in [-0.2, 0) is 0 Å². The zero-order valence-corrected chi connectivity index (χ0v) is 25.8. The van der Waals surface area contributed by atoms with Crippen LogP contribution in [0.2, 0.25) is 0 Å². The van der Waals surface area contributed by atoms with Gasteiger partial charge in [0.25, 0.3) is 0 Å². The largest absolute Gasteiger partial charge is 0.310 e. The molecule has 0 unspecified atom stereocenters. The van der Waals surface area contributed by atoms with E-state index >= 15 is 0 Å². The summed E-state index contributed by atoms with van der Waals surface area (Å²) in [5, 5.41) is 10.2. The second-order valence-corrected chi connectivity index (χ2v) is 12.2. The molecule has 0 amide bonds. The van der Waals surface area contributed by atoms with E-state index in [0.29, 0.717) is 0 Å². The van der Waals surface area contributed by atoms with Gasteiger partial charge in [0.2, 0.25) is 0 Å². The van der Waals surface area contributed by atoms with Gasteiger partial charge >= 0.3 is 0 Å². The number of rotatable bonds is 5. The first-order valence-corrected chi connectivity index (χ1v) is 16.2. The van der Waals surface area contributed by atoms with Gasteiger partial charge in [0, 0.05) is 17.1 Å². The van der Waals surface area contributed by atoms with Gasteiger partial charge in [-0.2, -0.15) is 0 Å². The Balaban J connectivity index is 1.17. The minimum Gasteiger partial charge on any atom is -0.310 e. The Hall–Kier alpha value is -6.18. The molecule has 0 saturated heterocycles. The van der Waals surface area contributed by atoms with Crippen LogP contribution in [0, 0.1) is 0 Å². The van der Waals surface area contributed by atoms with E-state index < -0.39 is 0 Å². The van der Waals surface area contributed by atoms with Crippen molar-refractivity contribution in [2.75, 3.05) is 4.90 Å². The molecule has 0 fully saturated rings. The van der Waals surface area contributed by atoms with E-state index in [2.05, 4.69) is 193 Å². The molecule has 0 radical (unpaired) electrons. The molecular weight excluding hydrogens is 567 g/mol. The summed E-state index contributed by atoms with van der Waals surface area (Å²) in [6, 6.07) is 68.2. The minimum absolute atomic E-state index is 1.12. The van der Waals surface area contributed by atoms with Gasteiger partial charge in [0.05, 0.1) is 0 Å². The van der Waals surface area contributed by atoms with Gasteiger partial charge in [-0.1, -0.05) is 146 Å². The highest BCUT2D eigenvalue weighted by molar-refractivity contribution is 6.27. The maximum atomic E-state index is 2.35. The molecule has 0 aliphatic rings. The van der Waals surface area contributed by atoms with Crippen molar-refractivity contribution in [3.8, 4) is 22.3 Å². The summed E-state index contributed by atoms with van der Waals surface area (Å²) in [5.74, 6) is 0. The lowest BCUT2D eigenvalue weighted by Gasteiger charge is -2.26. The van der Waals surface area contributed by atoms with Crippen LogP contribution in [-0.4, -0.2) is 0 Å². The predicted octanol–water partition coefficient (Wildman–Crippen LogP) is 13.1. The fraction of sp³-hybridized carbons (Fsp3) is 0. The molecule has 1 nitrogen and oxygen atoms in total. The Kier molecular flexibility index (Phi) is 6.54. The lowest BCUT2D eigenvalue weighted by Crippen LogP contribution is -2.09. The number of para-hydroxylation sites is 1. The molecule has 9 aromatic rings. The Labute approximate surface area is 274 Å². The van der Waals surface area contributed by atoms with Crippen LogP contribution in [0.15, 0.2) is 188 Å². The van der Waals surface area contributed by atoms with Gasteiger partial charge in [-0.15, -0.1) is 0 Å². The third-order valence-electron chi connectivity index (χ3n) is 9.39. The third kappa shape index (κ3) is 4.81. The van der Waals surface area contributed by atoms with Crippen LogP contribution in [0.4, 0.5) is 17.1 Å². The molecule has 0 aliphatic carbocycles. The predicted molar refractivity (Wildman–Crippen MR) is 202 cm³/mol. The van der Waals surface area contributed by atoms with Crippen LogP contribution < -0.4 is 4.90 Å². The lowest BCUT2D eigenvalue weighted by atomic mass is 9.93. The first kappa shape index (κ1) is 27.2. The molecule has 0 N–H and O–H groups in total. The highest BCUT2D eigenvalue weighted by Gasteiger charge is 2.15. The van der Waals surface area contributed by atoms with E-state index in [4.69, 9.17) is 0 Å². The van der Waals surface area contributed by atoms with Crippen molar-refractivity contribution in [2.24, 2.45) is 0 Å². The summed E-state index contributed by atoms with van der Waals surface area (Å²) in [6.07, 6.45) is 0. The van der Waals surface area contributed by atoms with Crippen molar-refractivity contribution < 1.29 is 0 Å². The average Bonchev–Trinajstić information content (AvgIpc) is 3.15.